The molecule has 0 aliphatic rings. The molecular formula is C15H26IN3O2S. The second-order valence-electron chi connectivity index (χ2n) is 5.32. The average molecular weight is 439 g/mol. The molecule has 0 spiro atoms. The maximum absolute atomic E-state index is 11.1. The Morgan fingerprint density at radius 1 is 1.32 bits per heavy atom. The van der Waals surface area contributed by atoms with Crippen molar-refractivity contribution < 1.29 is 8.42 Å². The molecule has 1 atom stereocenters. The van der Waals surface area contributed by atoms with Crippen LogP contribution >= 0.6 is 24.0 Å². The van der Waals surface area contributed by atoms with Crippen molar-refractivity contribution >= 4 is 39.8 Å². The summed E-state index contributed by atoms with van der Waals surface area (Å²) in [4.78, 5) is 4.09. The number of guanidine groups is 1. The summed E-state index contributed by atoms with van der Waals surface area (Å²) >= 11 is 0. The van der Waals surface area contributed by atoms with Crippen molar-refractivity contribution in [1.82, 2.24) is 10.6 Å². The number of hydrogen-bond donors (Lipinski definition) is 2. The van der Waals surface area contributed by atoms with Crippen LogP contribution < -0.4 is 10.6 Å². The van der Waals surface area contributed by atoms with Crippen LogP contribution in [0.4, 0.5) is 0 Å². The predicted octanol–water partition coefficient (Wildman–Crippen LogP) is 1.93. The Hall–Kier alpha value is -0.830. The fraction of sp³-hybridized carbons (Fsp3) is 0.533. The van der Waals surface area contributed by atoms with E-state index in [0.29, 0.717) is 18.4 Å². The number of aliphatic imine (C=N–C) groups is 1. The Bertz CT molecular complexity index is 588. The first kappa shape index (κ1) is 21.2. The van der Waals surface area contributed by atoms with Crippen LogP contribution in [-0.2, 0) is 9.84 Å². The van der Waals surface area contributed by atoms with Gasteiger partial charge in [-0.3, -0.25) is 4.99 Å². The number of rotatable bonds is 6. The van der Waals surface area contributed by atoms with Crippen LogP contribution in [0.15, 0.2) is 29.3 Å². The fourth-order valence-corrected chi connectivity index (χ4v) is 2.39. The van der Waals surface area contributed by atoms with Gasteiger partial charge >= 0.3 is 0 Å². The minimum absolute atomic E-state index is 0. The number of nitrogens with zero attached hydrogens (tertiary/aromatic N) is 1. The van der Waals surface area contributed by atoms with Gasteiger partial charge in [0.25, 0.3) is 0 Å². The highest BCUT2D eigenvalue weighted by Crippen LogP contribution is 2.15. The molecule has 0 aromatic heterocycles. The van der Waals surface area contributed by atoms with Crippen LogP contribution in [0.1, 0.15) is 24.0 Å². The summed E-state index contributed by atoms with van der Waals surface area (Å²) in [5.74, 6) is 1.07. The second-order valence-corrected chi connectivity index (χ2v) is 7.58. The molecular weight excluding hydrogens is 413 g/mol. The zero-order valence-corrected chi connectivity index (χ0v) is 16.7. The van der Waals surface area contributed by atoms with E-state index in [1.54, 1.807) is 7.05 Å². The van der Waals surface area contributed by atoms with Gasteiger partial charge in [0.2, 0.25) is 0 Å². The summed E-state index contributed by atoms with van der Waals surface area (Å²) in [6.45, 7) is 5.32. The molecule has 5 nitrogen and oxygen atoms in total. The summed E-state index contributed by atoms with van der Waals surface area (Å²) in [5, 5.41) is 6.22. The molecule has 0 heterocycles. The minimum Gasteiger partial charge on any atom is -0.356 e. The monoisotopic (exact) mass is 439 g/mol. The third kappa shape index (κ3) is 8.57. The van der Waals surface area contributed by atoms with Gasteiger partial charge in [-0.1, -0.05) is 36.8 Å². The lowest BCUT2D eigenvalue weighted by Gasteiger charge is -2.16. The number of hydrogen-bond acceptors (Lipinski definition) is 3. The molecule has 0 radical (unpaired) electrons. The van der Waals surface area contributed by atoms with Crippen LogP contribution in [0, 0.1) is 6.92 Å². The SMILES string of the molecule is CN=C(NCCS(C)(=O)=O)NCC(C)c1cccc(C)c1.I. The van der Waals surface area contributed by atoms with E-state index in [-0.39, 0.29) is 29.7 Å². The topological polar surface area (TPSA) is 70.6 Å². The molecule has 1 rings (SSSR count). The van der Waals surface area contributed by atoms with Crippen LogP contribution in [0.25, 0.3) is 0 Å². The Kier molecular flexibility index (Phi) is 9.66. The Morgan fingerprint density at radius 3 is 2.55 bits per heavy atom. The maximum atomic E-state index is 11.1. The molecule has 1 unspecified atom stereocenters. The molecule has 1 aromatic carbocycles. The van der Waals surface area contributed by atoms with Gasteiger partial charge < -0.3 is 10.6 Å². The highest BCUT2D eigenvalue weighted by molar-refractivity contribution is 14.0. The van der Waals surface area contributed by atoms with Crippen molar-refractivity contribution in [3.8, 4) is 0 Å². The van der Waals surface area contributed by atoms with E-state index < -0.39 is 9.84 Å². The van der Waals surface area contributed by atoms with Crippen molar-refractivity contribution in [2.45, 2.75) is 19.8 Å². The molecule has 0 saturated heterocycles. The zero-order valence-electron chi connectivity index (χ0n) is 13.6. The third-order valence-electron chi connectivity index (χ3n) is 3.18. The third-order valence-corrected chi connectivity index (χ3v) is 4.12. The van der Waals surface area contributed by atoms with Crippen LogP contribution in [0.3, 0.4) is 0 Å². The van der Waals surface area contributed by atoms with Gasteiger partial charge in [0.15, 0.2) is 5.96 Å². The summed E-state index contributed by atoms with van der Waals surface area (Å²) < 4.78 is 22.2. The molecule has 0 aliphatic heterocycles. The lowest BCUT2D eigenvalue weighted by Crippen LogP contribution is -2.40. The number of benzene rings is 1. The predicted molar refractivity (Wildman–Crippen MR) is 104 cm³/mol. The highest BCUT2D eigenvalue weighted by atomic mass is 127. The number of sulfone groups is 1. The van der Waals surface area contributed by atoms with Crippen molar-refractivity contribution in [2.75, 3.05) is 32.1 Å². The molecule has 7 heteroatoms. The number of halogens is 1. The maximum Gasteiger partial charge on any atom is 0.191 e. The van der Waals surface area contributed by atoms with Gasteiger partial charge in [-0.15, -0.1) is 24.0 Å². The van der Waals surface area contributed by atoms with E-state index in [2.05, 4.69) is 53.7 Å². The summed E-state index contributed by atoms with van der Waals surface area (Å²) in [5.41, 5.74) is 2.52. The van der Waals surface area contributed by atoms with E-state index in [1.165, 1.54) is 17.4 Å². The molecule has 22 heavy (non-hydrogen) atoms. The Morgan fingerprint density at radius 2 is 2.00 bits per heavy atom. The van der Waals surface area contributed by atoms with Crippen LogP contribution in [-0.4, -0.2) is 46.5 Å². The first-order valence-electron chi connectivity index (χ1n) is 7.00. The summed E-state index contributed by atoms with van der Waals surface area (Å²) in [6, 6.07) is 8.42. The molecule has 0 fully saturated rings. The zero-order chi connectivity index (χ0) is 15.9. The summed E-state index contributed by atoms with van der Waals surface area (Å²) in [6.07, 6.45) is 1.23. The largest absolute Gasteiger partial charge is 0.356 e. The quantitative estimate of drug-likeness (QED) is 0.404. The van der Waals surface area contributed by atoms with Crippen molar-refractivity contribution in [3.63, 3.8) is 0 Å². The molecule has 0 bridgehead atoms. The molecule has 0 aliphatic carbocycles. The van der Waals surface area contributed by atoms with Crippen LogP contribution in [0.2, 0.25) is 0 Å². The van der Waals surface area contributed by atoms with E-state index >= 15 is 0 Å². The first-order valence-corrected chi connectivity index (χ1v) is 9.06. The van der Waals surface area contributed by atoms with Gasteiger partial charge in [0, 0.05) is 26.4 Å². The lowest BCUT2D eigenvalue weighted by molar-refractivity contribution is 0.600. The van der Waals surface area contributed by atoms with E-state index in [0.717, 1.165) is 6.54 Å². The first-order chi connectivity index (χ1) is 9.81. The lowest BCUT2D eigenvalue weighted by atomic mass is 9.99. The molecule has 1 aromatic rings. The van der Waals surface area contributed by atoms with Crippen LogP contribution in [0.5, 0.6) is 0 Å². The average Bonchev–Trinajstić information content (AvgIpc) is 2.41. The smallest absolute Gasteiger partial charge is 0.191 e. The Labute approximate surface area is 150 Å². The number of nitrogens with one attached hydrogen (secondary N) is 2. The van der Waals surface area contributed by atoms with Gasteiger partial charge in [-0.05, 0) is 18.4 Å². The summed E-state index contributed by atoms with van der Waals surface area (Å²) in [7, 11) is -1.28. The van der Waals surface area contributed by atoms with Gasteiger partial charge in [-0.2, -0.15) is 0 Å². The van der Waals surface area contributed by atoms with E-state index in [9.17, 15) is 8.42 Å². The number of aryl methyl sites for hydroxylation is 1. The molecule has 0 saturated carbocycles. The second kappa shape index (κ2) is 10.0. The van der Waals surface area contributed by atoms with E-state index in [4.69, 9.17) is 0 Å². The molecule has 0 amide bonds. The van der Waals surface area contributed by atoms with E-state index in [1.807, 2.05) is 0 Å². The van der Waals surface area contributed by atoms with Crippen molar-refractivity contribution in [1.29, 1.82) is 0 Å². The van der Waals surface area contributed by atoms with Crippen molar-refractivity contribution in [2.24, 2.45) is 4.99 Å². The molecule has 2 N–H and O–H groups in total. The fourth-order valence-electron chi connectivity index (χ4n) is 1.92. The van der Waals surface area contributed by atoms with Gasteiger partial charge in [0.1, 0.15) is 9.84 Å². The van der Waals surface area contributed by atoms with Crippen molar-refractivity contribution in [3.05, 3.63) is 35.4 Å². The standard InChI is InChI=1S/C15H25N3O2S.HI/c1-12-6-5-7-14(10-12)13(2)11-18-15(16-3)17-8-9-21(4,19)20;/h5-7,10,13H,8-9,11H2,1-4H3,(H2,16,17,18);1H. The normalized spacial score (nSPS) is 13.2. The highest BCUT2D eigenvalue weighted by Gasteiger charge is 2.07. The van der Waals surface area contributed by atoms with Gasteiger partial charge in [0.05, 0.1) is 5.75 Å². The minimum atomic E-state index is -2.95. The Balaban J connectivity index is 0.00000441. The molecule has 126 valence electrons. The van der Waals surface area contributed by atoms with Gasteiger partial charge in [-0.25, -0.2) is 8.42 Å².